The Morgan fingerprint density at radius 2 is 1.94 bits per heavy atom. The first-order valence-electron chi connectivity index (χ1n) is 4.12. The quantitative estimate of drug-likeness (QED) is 0.679. The third-order valence-corrected chi connectivity index (χ3v) is 1.66. The molecule has 1 rings (SSSR count). The number of halogens is 5. The molecule has 0 fully saturated rings. The van der Waals surface area contributed by atoms with Crippen molar-refractivity contribution < 1.29 is 27.1 Å². The number of Topliss-reactive ketones (excluding diaryl/α,β-unsaturated/α-hetero) is 1. The second kappa shape index (κ2) is 5.83. The third-order valence-electron chi connectivity index (χ3n) is 1.66. The van der Waals surface area contributed by atoms with Gasteiger partial charge in [0.25, 0.3) is 0 Å². The van der Waals surface area contributed by atoms with E-state index in [1.807, 2.05) is 0 Å². The van der Waals surface area contributed by atoms with Crippen molar-refractivity contribution in [2.75, 3.05) is 6.54 Å². The molecule has 0 saturated heterocycles. The summed E-state index contributed by atoms with van der Waals surface area (Å²) in [6.07, 6.45) is -4.97. The van der Waals surface area contributed by atoms with Gasteiger partial charge < -0.3 is 10.5 Å². The molecular weight excluding hydrogens is 266 g/mol. The van der Waals surface area contributed by atoms with Crippen LogP contribution in [-0.4, -0.2) is 18.7 Å². The van der Waals surface area contributed by atoms with Gasteiger partial charge in [-0.3, -0.25) is 4.79 Å². The van der Waals surface area contributed by atoms with Crippen LogP contribution in [0.25, 0.3) is 0 Å². The largest absolute Gasteiger partial charge is 0.573 e. The average Bonchev–Trinajstić information content (AvgIpc) is 2.18. The number of benzene rings is 1. The lowest BCUT2D eigenvalue weighted by Crippen LogP contribution is -2.18. The van der Waals surface area contributed by atoms with Gasteiger partial charge in [-0.25, -0.2) is 4.39 Å². The highest BCUT2D eigenvalue weighted by molar-refractivity contribution is 5.97. The molecule has 0 aliphatic heterocycles. The maximum atomic E-state index is 13.1. The topological polar surface area (TPSA) is 52.3 Å². The number of ketones is 1. The fourth-order valence-electron chi connectivity index (χ4n) is 1.000. The van der Waals surface area contributed by atoms with Gasteiger partial charge in [-0.2, -0.15) is 0 Å². The molecule has 8 heteroatoms. The highest BCUT2D eigenvalue weighted by Gasteiger charge is 2.32. The summed E-state index contributed by atoms with van der Waals surface area (Å²) in [6.45, 7) is -0.348. The predicted octanol–water partition coefficient (Wildman–Crippen LogP) is 2.29. The maximum absolute atomic E-state index is 13.1. The summed E-state index contributed by atoms with van der Waals surface area (Å²) in [5, 5.41) is 0. The van der Waals surface area contributed by atoms with Gasteiger partial charge in [0.15, 0.2) is 17.3 Å². The lowest BCUT2D eigenvalue weighted by Gasteiger charge is -2.09. The highest BCUT2D eigenvalue weighted by Crippen LogP contribution is 2.26. The Labute approximate surface area is 100.0 Å². The fourth-order valence-corrected chi connectivity index (χ4v) is 1.000. The van der Waals surface area contributed by atoms with Crippen molar-refractivity contribution in [3.8, 4) is 5.75 Å². The molecule has 0 aliphatic rings. The minimum absolute atomic E-state index is 0. The van der Waals surface area contributed by atoms with Gasteiger partial charge in [0.2, 0.25) is 0 Å². The monoisotopic (exact) mass is 273 g/mol. The first-order valence-corrected chi connectivity index (χ1v) is 4.12. The smallest absolute Gasteiger partial charge is 0.403 e. The average molecular weight is 274 g/mol. The Morgan fingerprint density at radius 1 is 1.35 bits per heavy atom. The van der Waals surface area contributed by atoms with Crippen molar-refractivity contribution in [1.82, 2.24) is 0 Å². The third kappa shape index (κ3) is 4.58. The zero-order valence-electron chi connectivity index (χ0n) is 8.25. The van der Waals surface area contributed by atoms with Crippen molar-refractivity contribution in [3.63, 3.8) is 0 Å². The Balaban J connectivity index is 0.00000256. The Kier molecular flexibility index (Phi) is 5.37. The molecule has 1 aromatic rings. The van der Waals surface area contributed by atoms with E-state index in [0.717, 1.165) is 12.1 Å². The van der Waals surface area contributed by atoms with E-state index in [2.05, 4.69) is 4.74 Å². The van der Waals surface area contributed by atoms with Crippen LogP contribution in [0.3, 0.4) is 0 Å². The lowest BCUT2D eigenvalue weighted by molar-refractivity contribution is -0.275. The van der Waals surface area contributed by atoms with Crippen molar-refractivity contribution >= 4 is 18.2 Å². The highest BCUT2D eigenvalue weighted by atomic mass is 35.5. The number of rotatable bonds is 3. The molecule has 0 aliphatic carbocycles. The van der Waals surface area contributed by atoms with Crippen molar-refractivity contribution in [3.05, 3.63) is 29.6 Å². The van der Waals surface area contributed by atoms with Crippen molar-refractivity contribution in [2.45, 2.75) is 6.36 Å². The molecule has 0 radical (unpaired) electrons. The predicted molar refractivity (Wildman–Crippen MR) is 53.7 cm³/mol. The fraction of sp³-hybridized carbons (Fsp3) is 0.222. The number of alkyl halides is 3. The van der Waals surface area contributed by atoms with E-state index in [-0.39, 0.29) is 24.5 Å². The molecule has 0 spiro atoms. The minimum atomic E-state index is -4.97. The number of hydrogen-bond acceptors (Lipinski definition) is 3. The molecule has 0 saturated carbocycles. The molecule has 3 nitrogen and oxygen atoms in total. The van der Waals surface area contributed by atoms with Crippen LogP contribution in [0.4, 0.5) is 17.6 Å². The maximum Gasteiger partial charge on any atom is 0.573 e. The number of carbonyl (C=O) groups is 1. The summed E-state index contributed by atoms with van der Waals surface area (Å²) in [7, 11) is 0. The van der Waals surface area contributed by atoms with Crippen molar-refractivity contribution in [1.29, 1.82) is 0 Å². The van der Waals surface area contributed by atoms with Gasteiger partial charge in [0.05, 0.1) is 6.54 Å². The molecule has 2 N–H and O–H groups in total. The van der Waals surface area contributed by atoms with E-state index in [4.69, 9.17) is 5.73 Å². The summed E-state index contributed by atoms with van der Waals surface area (Å²) in [5.74, 6) is -2.82. The SMILES string of the molecule is Cl.NCC(=O)c1ccc(OC(F)(F)F)c(F)c1. The van der Waals surface area contributed by atoms with Crippen LogP contribution in [0.2, 0.25) is 0 Å². The van der Waals surface area contributed by atoms with Crippen LogP contribution in [0.15, 0.2) is 18.2 Å². The van der Waals surface area contributed by atoms with Gasteiger partial charge in [0.1, 0.15) is 0 Å². The summed E-state index contributed by atoms with van der Waals surface area (Å²) in [6, 6.07) is 2.39. The van der Waals surface area contributed by atoms with E-state index in [1.165, 1.54) is 0 Å². The number of carbonyl (C=O) groups excluding carboxylic acids is 1. The van der Waals surface area contributed by atoms with E-state index in [1.54, 1.807) is 0 Å². The summed E-state index contributed by atoms with van der Waals surface area (Å²) >= 11 is 0. The van der Waals surface area contributed by atoms with Gasteiger partial charge in [0, 0.05) is 5.56 Å². The number of nitrogens with two attached hydrogens (primary N) is 1. The van der Waals surface area contributed by atoms with Gasteiger partial charge >= 0.3 is 6.36 Å². The minimum Gasteiger partial charge on any atom is -0.403 e. The van der Waals surface area contributed by atoms with Crippen LogP contribution < -0.4 is 10.5 Å². The van der Waals surface area contributed by atoms with Gasteiger partial charge in [-0.1, -0.05) is 0 Å². The van der Waals surface area contributed by atoms with Gasteiger partial charge in [-0.05, 0) is 18.2 Å². The van der Waals surface area contributed by atoms with E-state index < -0.39 is 23.7 Å². The summed E-state index contributed by atoms with van der Waals surface area (Å²) in [4.78, 5) is 11.0. The first-order chi connectivity index (χ1) is 7.33. The molecule has 0 unspecified atom stereocenters. The van der Waals surface area contributed by atoms with E-state index in [0.29, 0.717) is 6.07 Å². The van der Waals surface area contributed by atoms with Crippen LogP contribution in [0.1, 0.15) is 10.4 Å². The zero-order valence-corrected chi connectivity index (χ0v) is 9.07. The lowest BCUT2D eigenvalue weighted by atomic mass is 10.1. The Hall–Kier alpha value is -1.34. The van der Waals surface area contributed by atoms with Gasteiger partial charge in [-0.15, -0.1) is 25.6 Å². The van der Waals surface area contributed by atoms with Crippen molar-refractivity contribution in [2.24, 2.45) is 5.73 Å². The van der Waals surface area contributed by atoms with E-state index in [9.17, 15) is 22.4 Å². The normalized spacial score (nSPS) is 10.6. The van der Waals surface area contributed by atoms with Crippen LogP contribution >= 0.6 is 12.4 Å². The van der Waals surface area contributed by atoms with Crippen LogP contribution in [0.5, 0.6) is 5.75 Å². The molecule has 0 bridgehead atoms. The van der Waals surface area contributed by atoms with Crippen LogP contribution in [0, 0.1) is 5.82 Å². The van der Waals surface area contributed by atoms with Crippen LogP contribution in [-0.2, 0) is 0 Å². The summed E-state index contributed by atoms with van der Waals surface area (Å²) < 4.78 is 51.8. The zero-order chi connectivity index (χ0) is 12.3. The number of hydrogen-bond donors (Lipinski definition) is 1. The molecule has 0 heterocycles. The second-order valence-corrected chi connectivity index (χ2v) is 2.82. The first kappa shape index (κ1) is 15.7. The molecule has 96 valence electrons. The standard InChI is InChI=1S/C9H7F4NO2.ClH/c10-6-3-5(7(15)4-14)1-2-8(6)16-9(11,12)13;/h1-3H,4,14H2;1H. The molecular formula is C9H8ClF4NO2. The number of ether oxygens (including phenoxy) is 1. The second-order valence-electron chi connectivity index (χ2n) is 2.82. The summed E-state index contributed by atoms with van der Waals surface area (Å²) in [5.41, 5.74) is 4.91. The molecule has 0 amide bonds. The molecule has 1 aromatic carbocycles. The Bertz CT molecular complexity index is 408. The molecule has 17 heavy (non-hydrogen) atoms. The Morgan fingerprint density at radius 3 is 2.35 bits per heavy atom. The van der Waals surface area contributed by atoms with E-state index >= 15 is 0 Å². The molecule has 0 atom stereocenters. The molecule has 0 aromatic heterocycles.